The molecule has 136 valence electrons. The first kappa shape index (κ1) is 20.1. The minimum Gasteiger partial charge on any atom is -0.319 e. The highest BCUT2D eigenvalue weighted by Crippen LogP contribution is 2.25. The van der Waals surface area contributed by atoms with Crippen molar-refractivity contribution in [3.63, 3.8) is 0 Å². The predicted octanol–water partition coefficient (Wildman–Crippen LogP) is 4.46. The van der Waals surface area contributed by atoms with Crippen molar-refractivity contribution in [3.8, 4) is 6.07 Å². The molecule has 2 aromatic carbocycles. The Morgan fingerprint density at radius 2 is 1.77 bits per heavy atom. The van der Waals surface area contributed by atoms with Crippen molar-refractivity contribution in [1.82, 2.24) is 9.80 Å². The average Bonchev–Trinajstić information content (AvgIpc) is 2.62. The fourth-order valence-corrected chi connectivity index (χ4v) is 2.55. The Kier molecular flexibility index (Phi) is 7.28. The van der Waals surface area contributed by atoms with Crippen LogP contribution in [0.5, 0.6) is 0 Å². The summed E-state index contributed by atoms with van der Waals surface area (Å²) in [4.78, 5) is 16.4. The van der Waals surface area contributed by atoms with Crippen LogP contribution in [0.15, 0.2) is 42.5 Å². The van der Waals surface area contributed by atoms with Gasteiger partial charge in [0.2, 0.25) is 0 Å². The molecule has 2 rings (SSSR count). The van der Waals surface area contributed by atoms with E-state index in [9.17, 15) is 4.79 Å². The number of amides is 2. The Labute approximate surface area is 163 Å². The molecule has 0 unspecified atom stereocenters. The van der Waals surface area contributed by atoms with Gasteiger partial charge >= 0.3 is 6.03 Å². The molecule has 0 aliphatic rings. The minimum absolute atomic E-state index is 0.227. The summed E-state index contributed by atoms with van der Waals surface area (Å²) in [5, 5.41) is 12.6. The molecule has 7 heteroatoms. The zero-order valence-electron chi connectivity index (χ0n) is 14.7. The van der Waals surface area contributed by atoms with E-state index in [0.717, 1.165) is 12.1 Å². The quantitative estimate of drug-likeness (QED) is 0.791. The molecule has 0 atom stereocenters. The molecule has 0 spiro atoms. The number of nitriles is 1. The van der Waals surface area contributed by atoms with Crippen LogP contribution < -0.4 is 5.32 Å². The first-order chi connectivity index (χ1) is 12.4. The van der Waals surface area contributed by atoms with Gasteiger partial charge in [-0.15, -0.1) is 0 Å². The largest absolute Gasteiger partial charge is 0.322 e. The fraction of sp³-hybridized carbons (Fsp3) is 0.263. The molecule has 0 aliphatic heterocycles. The maximum atomic E-state index is 12.7. The molecule has 0 fully saturated rings. The van der Waals surface area contributed by atoms with Crippen molar-refractivity contribution in [3.05, 3.63) is 63.6 Å². The van der Waals surface area contributed by atoms with E-state index in [1.807, 2.05) is 31.1 Å². The number of rotatable bonds is 6. The standard InChI is InChI=1S/C19H20Cl2N4O/c1-24(2)9-10-25(13-15-5-3-14(12-22)4-6-15)19(26)23-16-7-8-17(20)18(21)11-16/h3-8,11H,9-10,13H2,1-2H3,(H,23,26). The third kappa shape index (κ3) is 5.92. The van der Waals surface area contributed by atoms with E-state index in [1.54, 1.807) is 35.2 Å². The van der Waals surface area contributed by atoms with E-state index in [2.05, 4.69) is 11.4 Å². The average molecular weight is 391 g/mol. The Balaban J connectivity index is 2.12. The molecule has 1 N–H and O–H groups in total. The van der Waals surface area contributed by atoms with Gasteiger partial charge in [0.05, 0.1) is 21.7 Å². The van der Waals surface area contributed by atoms with E-state index in [-0.39, 0.29) is 6.03 Å². The highest BCUT2D eigenvalue weighted by atomic mass is 35.5. The number of halogens is 2. The van der Waals surface area contributed by atoms with E-state index in [1.165, 1.54) is 0 Å². The van der Waals surface area contributed by atoms with Crippen molar-refractivity contribution in [1.29, 1.82) is 5.26 Å². The number of anilines is 1. The number of benzene rings is 2. The molecule has 0 saturated carbocycles. The Hall–Kier alpha value is -2.26. The highest BCUT2D eigenvalue weighted by Gasteiger charge is 2.15. The van der Waals surface area contributed by atoms with Gasteiger partial charge in [-0.25, -0.2) is 4.79 Å². The fourth-order valence-electron chi connectivity index (χ4n) is 2.25. The van der Waals surface area contributed by atoms with Crippen LogP contribution in [0.2, 0.25) is 10.0 Å². The molecule has 26 heavy (non-hydrogen) atoms. The van der Waals surface area contributed by atoms with Crippen LogP contribution in [-0.4, -0.2) is 43.0 Å². The molecule has 0 aromatic heterocycles. The first-order valence-corrected chi connectivity index (χ1v) is 8.79. The molecule has 0 aliphatic carbocycles. The molecule has 2 aromatic rings. The third-order valence-electron chi connectivity index (χ3n) is 3.73. The van der Waals surface area contributed by atoms with Crippen LogP contribution in [-0.2, 0) is 6.54 Å². The Bertz CT molecular complexity index is 800. The second kappa shape index (κ2) is 9.44. The van der Waals surface area contributed by atoms with Gasteiger partial charge in [-0.05, 0) is 50.0 Å². The summed E-state index contributed by atoms with van der Waals surface area (Å²) in [6, 6.07) is 14.0. The summed E-state index contributed by atoms with van der Waals surface area (Å²) in [5.74, 6) is 0. The van der Waals surface area contributed by atoms with E-state index < -0.39 is 0 Å². The minimum atomic E-state index is -0.227. The van der Waals surface area contributed by atoms with Crippen molar-refractivity contribution in [2.24, 2.45) is 0 Å². The van der Waals surface area contributed by atoms with Crippen LogP contribution in [0.1, 0.15) is 11.1 Å². The monoisotopic (exact) mass is 390 g/mol. The van der Waals surface area contributed by atoms with Gasteiger partial charge in [0.15, 0.2) is 0 Å². The lowest BCUT2D eigenvalue weighted by atomic mass is 10.1. The smallest absolute Gasteiger partial charge is 0.319 e. The van der Waals surface area contributed by atoms with Crippen molar-refractivity contribution in [2.45, 2.75) is 6.54 Å². The van der Waals surface area contributed by atoms with Crippen LogP contribution >= 0.6 is 23.2 Å². The zero-order chi connectivity index (χ0) is 19.1. The van der Waals surface area contributed by atoms with Crippen LogP contribution in [0, 0.1) is 11.3 Å². The molecule has 5 nitrogen and oxygen atoms in total. The van der Waals surface area contributed by atoms with Crippen LogP contribution in [0.4, 0.5) is 10.5 Å². The summed E-state index contributed by atoms with van der Waals surface area (Å²) >= 11 is 11.9. The third-order valence-corrected chi connectivity index (χ3v) is 4.47. The van der Waals surface area contributed by atoms with Gasteiger partial charge in [0.25, 0.3) is 0 Å². The predicted molar refractivity (Wildman–Crippen MR) is 106 cm³/mol. The van der Waals surface area contributed by atoms with E-state index >= 15 is 0 Å². The van der Waals surface area contributed by atoms with Crippen LogP contribution in [0.3, 0.4) is 0 Å². The molecule has 2 amide bonds. The van der Waals surface area contributed by atoms with Gasteiger partial charge < -0.3 is 15.1 Å². The molecule has 0 radical (unpaired) electrons. The number of carbonyl (C=O) groups excluding carboxylic acids is 1. The molecule has 0 saturated heterocycles. The number of urea groups is 1. The van der Waals surface area contributed by atoms with E-state index in [0.29, 0.717) is 34.4 Å². The lowest BCUT2D eigenvalue weighted by molar-refractivity contribution is 0.202. The summed E-state index contributed by atoms with van der Waals surface area (Å²) in [5.41, 5.74) is 2.12. The van der Waals surface area contributed by atoms with E-state index in [4.69, 9.17) is 28.5 Å². The number of likely N-dealkylation sites (N-methyl/N-ethyl adjacent to an activating group) is 1. The zero-order valence-corrected chi connectivity index (χ0v) is 16.2. The van der Waals surface area contributed by atoms with Crippen molar-refractivity contribution in [2.75, 3.05) is 32.5 Å². The first-order valence-electron chi connectivity index (χ1n) is 8.04. The summed E-state index contributed by atoms with van der Waals surface area (Å²) in [7, 11) is 3.91. The second-order valence-electron chi connectivity index (χ2n) is 6.09. The lowest BCUT2D eigenvalue weighted by Gasteiger charge is -2.25. The van der Waals surface area contributed by atoms with Gasteiger partial charge in [-0.1, -0.05) is 35.3 Å². The van der Waals surface area contributed by atoms with Gasteiger partial charge in [-0.2, -0.15) is 5.26 Å². The van der Waals surface area contributed by atoms with Gasteiger partial charge in [0.1, 0.15) is 0 Å². The topological polar surface area (TPSA) is 59.4 Å². The van der Waals surface area contributed by atoms with Crippen molar-refractivity contribution < 1.29 is 4.79 Å². The van der Waals surface area contributed by atoms with Gasteiger partial charge in [-0.3, -0.25) is 0 Å². The highest BCUT2D eigenvalue weighted by molar-refractivity contribution is 6.42. The Morgan fingerprint density at radius 3 is 2.35 bits per heavy atom. The van der Waals surface area contributed by atoms with Gasteiger partial charge in [0, 0.05) is 25.3 Å². The molecular formula is C19H20Cl2N4O. The number of hydrogen-bond acceptors (Lipinski definition) is 3. The summed E-state index contributed by atoms with van der Waals surface area (Å²) in [6.07, 6.45) is 0. The second-order valence-corrected chi connectivity index (χ2v) is 6.91. The summed E-state index contributed by atoms with van der Waals surface area (Å²) in [6.45, 7) is 1.72. The Morgan fingerprint density at radius 1 is 1.08 bits per heavy atom. The SMILES string of the molecule is CN(C)CCN(Cc1ccc(C#N)cc1)C(=O)Nc1ccc(Cl)c(Cl)c1. The lowest BCUT2D eigenvalue weighted by Crippen LogP contribution is -2.39. The van der Waals surface area contributed by atoms with Crippen LogP contribution in [0.25, 0.3) is 0 Å². The number of nitrogens with one attached hydrogen (secondary N) is 1. The summed E-state index contributed by atoms with van der Waals surface area (Å²) < 4.78 is 0. The molecular weight excluding hydrogens is 371 g/mol. The maximum absolute atomic E-state index is 12.7. The number of hydrogen-bond donors (Lipinski definition) is 1. The van der Waals surface area contributed by atoms with Crippen molar-refractivity contribution >= 4 is 34.9 Å². The maximum Gasteiger partial charge on any atom is 0.322 e. The number of nitrogens with zero attached hydrogens (tertiary/aromatic N) is 3. The normalized spacial score (nSPS) is 10.5. The number of carbonyl (C=O) groups is 1. The molecule has 0 bridgehead atoms. The molecule has 0 heterocycles.